The molecule has 0 fully saturated rings. The lowest BCUT2D eigenvalue weighted by Gasteiger charge is -2.06. The first kappa shape index (κ1) is 16.6. The summed E-state index contributed by atoms with van der Waals surface area (Å²) in [5, 5.41) is 2.66. The largest absolute Gasteiger partial charge is 0.366 e. The van der Waals surface area contributed by atoms with Crippen LogP contribution in [0.15, 0.2) is 42.5 Å². The minimum atomic E-state index is -0.893. The number of nitrogens with two attached hydrogens (primary N) is 1. The number of aryl methyl sites for hydroxylation is 1. The van der Waals surface area contributed by atoms with E-state index < -0.39 is 17.5 Å². The third-order valence-corrected chi connectivity index (χ3v) is 3.28. The number of primary amides is 1. The highest BCUT2D eigenvalue weighted by molar-refractivity contribution is 5.96. The Kier molecular flexibility index (Phi) is 5.41. The minimum absolute atomic E-state index is 0.222. The van der Waals surface area contributed by atoms with Crippen LogP contribution in [0.5, 0.6) is 0 Å². The van der Waals surface area contributed by atoms with E-state index in [0.29, 0.717) is 29.7 Å². The second kappa shape index (κ2) is 7.49. The molecule has 0 aliphatic rings. The van der Waals surface area contributed by atoms with E-state index in [1.54, 1.807) is 18.2 Å². The van der Waals surface area contributed by atoms with Crippen LogP contribution in [0.2, 0.25) is 0 Å². The average Bonchev–Trinajstić information content (AvgIpc) is 2.51. The zero-order valence-electron chi connectivity index (χ0n) is 12.3. The summed E-state index contributed by atoms with van der Waals surface area (Å²) in [6.45, 7) is 0. The van der Waals surface area contributed by atoms with Crippen molar-refractivity contribution in [2.24, 2.45) is 5.73 Å². The first-order chi connectivity index (χ1) is 11.0. The lowest BCUT2D eigenvalue weighted by Crippen LogP contribution is -2.14. The predicted molar refractivity (Wildman–Crippen MR) is 82.9 cm³/mol. The standard InChI is InChI=1S/C17H16F2N2O2/c18-14-8-7-11(9-15(14)19)3-1-6-16(22)21-13-5-2-4-12(10-13)17(20)23/h2,4-5,7-10H,1,3,6H2,(H2,20,23)(H,21,22). The monoisotopic (exact) mass is 318 g/mol. The molecule has 2 aromatic rings. The van der Waals surface area contributed by atoms with Crippen LogP contribution in [-0.4, -0.2) is 11.8 Å². The lowest BCUT2D eigenvalue weighted by molar-refractivity contribution is -0.116. The fraction of sp³-hybridized carbons (Fsp3) is 0.176. The van der Waals surface area contributed by atoms with E-state index in [4.69, 9.17) is 5.73 Å². The molecule has 2 aromatic carbocycles. The van der Waals surface area contributed by atoms with Crippen molar-refractivity contribution in [2.45, 2.75) is 19.3 Å². The van der Waals surface area contributed by atoms with Gasteiger partial charge in [-0.05, 0) is 48.7 Å². The number of hydrogen-bond donors (Lipinski definition) is 2. The molecule has 2 rings (SSSR count). The van der Waals surface area contributed by atoms with Gasteiger partial charge in [0.15, 0.2) is 11.6 Å². The third-order valence-electron chi connectivity index (χ3n) is 3.28. The maximum atomic E-state index is 13.1. The Hall–Kier alpha value is -2.76. The Balaban J connectivity index is 1.84. The van der Waals surface area contributed by atoms with Crippen molar-refractivity contribution in [1.29, 1.82) is 0 Å². The maximum absolute atomic E-state index is 13.1. The second-order valence-corrected chi connectivity index (χ2v) is 5.10. The first-order valence-corrected chi connectivity index (χ1v) is 7.09. The van der Waals surface area contributed by atoms with Gasteiger partial charge in [0.25, 0.3) is 0 Å². The van der Waals surface area contributed by atoms with Crippen molar-refractivity contribution in [2.75, 3.05) is 5.32 Å². The van der Waals surface area contributed by atoms with Crippen LogP contribution in [0, 0.1) is 11.6 Å². The average molecular weight is 318 g/mol. The second-order valence-electron chi connectivity index (χ2n) is 5.10. The van der Waals surface area contributed by atoms with Crippen LogP contribution < -0.4 is 11.1 Å². The predicted octanol–water partition coefficient (Wildman–Crippen LogP) is 3.03. The number of rotatable bonds is 6. The fourth-order valence-corrected chi connectivity index (χ4v) is 2.12. The molecule has 0 bridgehead atoms. The first-order valence-electron chi connectivity index (χ1n) is 7.09. The van der Waals surface area contributed by atoms with Gasteiger partial charge in [-0.15, -0.1) is 0 Å². The van der Waals surface area contributed by atoms with E-state index in [-0.39, 0.29) is 12.3 Å². The molecule has 2 amide bonds. The highest BCUT2D eigenvalue weighted by atomic mass is 19.2. The van der Waals surface area contributed by atoms with Crippen molar-refractivity contribution in [3.8, 4) is 0 Å². The Morgan fingerprint density at radius 3 is 2.52 bits per heavy atom. The molecule has 120 valence electrons. The van der Waals surface area contributed by atoms with Gasteiger partial charge in [0.05, 0.1) is 0 Å². The fourth-order valence-electron chi connectivity index (χ4n) is 2.12. The van der Waals surface area contributed by atoms with Crippen molar-refractivity contribution in [3.63, 3.8) is 0 Å². The van der Waals surface area contributed by atoms with Crippen LogP contribution in [0.25, 0.3) is 0 Å². The smallest absolute Gasteiger partial charge is 0.248 e. The number of nitrogens with one attached hydrogen (secondary N) is 1. The molecule has 3 N–H and O–H groups in total. The van der Waals surface area contributed by atoms with Crippen LogP contribution in [0.1, 0.15) is 28.8 Å². The highest BCUT2D eigenvalue weighted by Crippen LogP contribution is 2.13. The molecular weight excluding hydrogens is 302 g/mol. The van der Waals surface area contributed by atoms with Gasteiger partial charge < -0.3 is 11.1 Å². The van der Waals surface area contributed by atoms with E-state index in [1.807, 2.05) is 0 Å². The summed E-state index contributed by atoms with van der Waals surface area (Å²) in [5.74, 6) is -2.58. The summed E-state index contributed by atoms with van der Waals surface area (Å²) in [4.78, 5) is 22.9. The quantitative estimate of drug-likeness (QED) is 0.859. The Bertz CT molecular complexity index is 732. The molecular formula is C17H16F2N2O2. The number of halogens is 2. The molecule has 0 heterocycles. The van der Waals surface area contributed by atoms with Crippen molar-refractivity contribution >= 4 is 17.5 Å². The van der Waals surface area contributed by atoms with E-state index in [9.17, 15) is 18.4 Å². The molecule has 6 heteroatoms. The SMILES string of the molecule is NC(=O)c1cccc(NC(=O)CCCc2ccc(F)c(F)c2)c1. The van der Waals surface area contributed by atoms with Gasteiger partial charge in [-0.25, -0.2) is 8.78 Å². The molecule has 0 aliphatic heterocycles. The number of carbonyl (C=O) groups is 2. The lowest BCUT2D eigenvalue weighted by atomic mass is 10.1. The van der Waals surface area contributed by atoms with Crippen LogP contribution >= 0.6 is 0 Å². The van der Waals surface area contributed by atoms with Crippen LogP contribution in [-0.2, 0) is 11.2 Å². The number of hydrogen-bond acceptors (Lipinski definition) is 2. The third kappa shape index (κ3) is 4.88. The molecule has 0 aliphatic carbocycles. The van der Waals surface area contributed by atoms with E-state index in [0.717, 1.165) is 12.1 Å². The van der Waals surface area contributed by atoms with Gasteiger partial charge in [-0.2, -0.15) is 0 Å². The van der Waals surface area contributed by atoms with Gasteiger partial charge in [0, 0.05) is 17.7 Å². The summed E-state index contributed by atoms with van der Waals surface area (Å²) in [6, 6.07) is 10.0. The molecule has 0 saturated heterocycles. The molecule has 0 unspecified atom stereocenters. The van der Waals surface area contributed by atoms with Crippen LogP contribution in [0.3, 0.4) is 0 Å². The number of benzene rings is 2. The number of anilines is 1. The topological polar surface area (TPSA) is 72.2 Å². The molecule has 0 aromatic heterocycles. The Morgan fingerprint density at radius 1 is 1.04 bits per heavy atom. The zero-order chi connectivity index (χ0) is 16.8. The molecule has 23 heavy (non-hydrogen) atoms. The molecule has 0 spiro atoms. The maximum Gasteiger partial charge on any atom is 0.248 e. The molecule has 0 saturated carbocycles. The van der Waals surface area contributed by atoms with E-state index >= 15 is 0 Å². The normalized spacial score (nSPS) is 10.3. The van der Waals surface area contributed by atoms with Gasteiger partial charge in [0.1, 0.15) is 0 Å². The number of amides is 2. The summed E-state index contributed by atoms with van der Waals surface area (Å²) in [7, 11) is 0. The van der Waals surface area contributed by atoms with Crippen molar-refractivity contribution in [3.05, 3.63) is 65.2 Å². The Labute approximate surface area is 132 Å². The highest BCUT2D eigenvalue weighted by Gasteiger charge is 2.07. The van der Waals surface area contributed by atoms with Gasteiger partial charge in [0.2, 0.25) is 11.8 Å². The van der Waals surface area contributed by atoms with Gasteiger partial charge >= 0.3 is 0 Å². The summed E-state index contributed by atoms with van der Waals surface area (Å²) in [5.41, 5.74) is 6.60. The summed E-state index contributed by atoms with van der Waals surface area (Å²) >= 11 is 0. The summed E-state index contributed by atoms with van der Waals surface area (Å²) in [6.07, 6.45) is 1.18. The molecule has 0 radical (unpaired) electrons. The van der Waals surface area contributed by atoms with E-state index in [1.165, 1.54) is 12.1 Å². The molecule has 0 atom stereocenters. The zero-order valence-corrected chi connectivity index (χ0v) is 12.3. The minimum Gasteiger partial charge on any atom is -0.366 e. The van der Waals surface area contributed by atoms with E-state index in [2.05, 4.69) is 5.32 Å². The molecule has 4 nitrogen and oxygen atoms in total. The van der Waals surface area contributed by atoms with Crippen molar-refractivity contribution < 1.29 is 18.4 Å². The van der Waals surface area contributed by atoms with Gasteiger partial charge in [-0.3, -0.25) is 9.59 Å². The summed E-state index contributed by atoms with van der Waals surface area (Å²) < 4.78 is 25.9. The van der Waals surface area contributed by atoms with Gasteiger partial charge in [-0.1, -0.05) is 12.1 Å². The van der Waals surface area contributed by atoms with Crippen LogP contribution in [0.4, 0.5) is 14.5 Å². The Morgan fingerprint density at radius 2 is 1.83 bits per heavy atom. The number of carbonyl (C=O) groups excluding carboxylic acids is 2. The van der Waals surface area contributed by atoms with Crippen molar-refractivity contribution in [1.82, 2.24) is 0 Å².